The molecule has 1 aliphatic rings. The molecule has 7 heteroatoms. The van der Waals surface area contributed by atoms with Gasteiger partial charge in [0.25, 0.3) is 0 Å². The van der Waals surface area contributed by atoms with E-state index in [1.165, 1.54) is 6.42 Å². The Labute approximate surface area is 206 Å². The topological polar surface area (TPSA) is 88.2 Å². The second-order valence-corrected chi connectivity index (χ2v) is 9.26. The van der Waals surface area contributed by atoms with E-state index >= 15 is 0 Å². The van der Waals surface area contributed by atoms with E-state index < -0.39 is 0 Å². The number of Topliss-reactive ketones (excluding diaryl/α,β-unsaturated/α-hetero) is 1. The summed E-state index contributed by atoms with van der Waals surface area (Å²) in [6, 6.07) is 11.5. The first-order chi connectivity index (χ1) is 16.9. The summed E-state index contributed by atoms with van der Waals surface area (Å²) in [7, 11) is 0. The minimum Gasteiger partial charge on any atom is -0.466 e. The van der Waals surface area contributed by atoms with Crippen molar-refractivity contribution < 1.29 is 14.3 Å². The molecule has 1 aromatic carbocycles. The summed E-state index contributed by atoms with van der Waals surface area (Å²) in [4.78, 5) is 32.6. The fraction of sp³-hybridized carbons (Fsp3) is 0.429. The number of ketones is 1. The zero-order chi connectivity index (χ0) is 24.9. The van der Waals surface area contributed by atoms with Crippen LogP contribution < -0.4 is 0 Å². The molecule has 3 heterocycles. The Morgan fingerprint density at radius 3 is 2.54 bits per heavy atom. The first kappa shape index (κ1) is 24.6. The Morgan fingerprint density at radius 1 is 1.17 bits per heavy atom. The molecular weight excluding hydrogens is 440 g/mol. The third-order valence-electron chi connectivity index (χ3n) is 6.76. The van der Waals surface area contributed by atoms with Gasteiger partial charge in [0.1, 0.15) is 0 Å². The Bertz CT molecular complexity index is 1260. The maximum Gasteiger partial charge on any atom is 0.306 e. The van der Waals surface area contributed by atoms with Gasteiger partial charge in [-0.3, -0.25) is 19.5 Å². The average molecular weight is 473 g/mol. The van der Waals surface area contributed by atoms with Crippen LogP contribution in [-0.4, -0.2) is 52.4 Å². The molecule has 182 valence electrons. The Kier molecular flexibility index (Phi) is 7.62. The monoisotopic (exact) mass is 472 g/mol. The van der Waals surface area contributed by atoms with E-state index in [0.717, 1.165) is 48.4 Å². The van der Waals surface area contributed by atoms with Gasteiger partial charge in [-0.2, -0.15) is 5.26 Å². The molecule has 0 aliphatic carbocycles. The molecule has 0 spiro atoms. The summed E-state index contributed by atoms with van der Waals surface area (Å²) < 4.78 is 7.16. The smallest absolute Gasteiger partial charge is 0.306 e. The summed E-state index contributed by atoms with van der Waals surface area (Å²) in [6.07, 6.45) is 5.50. The summed E-state index contributed by atoms with van der Waals surface area (Å²) in [5.41, 5.74) is 5.30. The van der Waals surface area contributed by atoms with Crippen LogP contribution in [-0.2, 0) is 9.53 Å². The van der Waals surface area contributed by atoms with E-state index in [2.05, 4.69) is 11.0 Å². The minimum absolute atomic E-state index is 0.0709. The highest BCUT2D eigenvalue weighted by molar-refractivity contribution is 6.09. The molecule has 0 saturated carbocycles. The standard InChI is InChI=1S/C28H32N4O3/c1-4-35-26(34)14-19(2)22-15-24-28(30-17-22)27(25(33)18-31-12-6-5-7-13-31)20(3)32(24)23-10-8-21(16-29)9-11-23/h8-11,15,17,19H,4-7,12-14,18H2,1-3H3/t19-/m0/s1. The van der Waals surface area contributed by atoms with Gasteiger partial charge in [0, 0.05) is 17.6 Å². The molecule has 35 heavy (non-hydrogen) atoms. The predicted octanol–water partition coefficient (Wildman–Crippen LogP) is 4.93. The number of benzene rings is 1. The highest BCUT2D eigenvalue weighted by atomic mass is 16.5. The third-order valence-corrected chi connectivity index (χ3v) is 6.76. The van der Waals surface area contributed by atoms with Crippen molar-refractivity contribution in [1.29, 1.82) is 5.26 Å². The summed E-state index contributed by atoms with van der Waals surface area (Å²) in [5, 5.41) is 9.21. The van der Waals surface area contributed by atoms with Gasteiger partial charge in [-0.25, -0.2) is 0 Å². The number of carbonyl (C=O) groups excluding carboxylic acids is 2. The summed E-state index contributed by atoms with van der Waals surface area (Å²) >= 11 is 0. The SMILES string of the molecule is CCOC(=O)C[C@H](C)c1cnc2c(C(=O)CN3CCCCC3)c(C)n(-c3ccc(C#N)cc3)c2c1. The molecular formula is C28H32N4O3. The lowest BCUT2D eigenvalue weighted by Gasteiger charge is -2.25. The largest absolute Gasteiger partial charge is 0.466 e. The van der Waals surface area contributed by atoms with Gasteiger partial charge in [-0.05, 0) is 81.6 Å². The van der Waals surface area contributed by atoms with Crippen LogP contribution in [0.2, 0.25) is 0 Å². The normalized spacial score (nSPS) is 15.0. The van der Waals surface area contributed by atoms with E-state index in [1.54, 1.807) is 25.3 Å². The van der Waals surface area contributed by atoms with E-state index in [4.69, 9.17) is 9.72 Å². The van der Waals surface area contributed by atoms with Crippen molar-refractivity contribution in [3.05, 3.63) is 58.9 Å². The number of rotatable bonds is 8. The predicted molar refractivity (Wildman–Crippen MR) is 135 cm³/mol. The number of hydrogen-bond donors (Lipinski definition) is 0. The third kappa shape index (κ3) is 5.28. The fourth-order valence-electron chi connectivity index (χ4n) is 4.90. The van der Waals surface area contributed by atoms with Crippen molar-refractivity contribution in [1.82, 2.24) is 14.5 Å². The number of esters is 1. The number of likely N-dealkylation sites (tertiary alicyclic amines) is 1. The van der Waals surface area contributed by atoms with Gasteiger partial charge in [-0.15, -0.1) is 0 Å². The van der Waals surface area contributed by atoms with Crippen molar-refractivity contribution in [3.8, 4) is 11.8 Å². The number of fused-ring (bicyclic) bond motifs is 1. The van der Waals surface area contributed by atoms with Gasteiger partial charge in [-0.1, -0.05) is 13.3 Å². The quantitative estimate of drug-likeness (QED) is 0.341. The van der Waals surface area contributed by atoms with Crippen LogP contribution >= 0.6 is 0 Å². The number of pyridine rings is 1. The Hall–Kier alpha value is -3.50. The lowest BCUT2D eigenvalue weighted by Crippen LogP contribution is -2.34. The molecule has 2 aromatic heterocycles. The van der Waals surface area contributed by atoms with Crippen LogP contribution in [0.25, 0.3) is 16.7 Å². The molecule has 1 aliphatic heterocycles. The molecule has 0 amide bonds. The first-order valence-corrected chi connectivity index (χ1v) is 12.4. The number of nitriles is 1. The van der Waals surface area contributed by atoms with Crippen LogP contribution in [0.3, 0.4) is 0 Å². The van der Waals surface area contributed by atoms with Crippen molar-refractivity contribution >= 4 is 22.8 Å². The zero-order valence-corrected chi connectivity index (χ0v) is 20.7. The van der Waals surface area contributed by atoms with Gasteiger partial charge in [0.15, 0.2) is 5.78 Å². The Balaban J connectivity index is 1.78. The average Bonchev–Trinajstić information content (AvgIpc) is 3.15. The molecule has 0 bridgehead atoms. The second-order valence-electron chi connectivity index (χ2n) is 9.26. The van der Waals surface area contributed by atoms with E-state index in [-0.39, 0.29) is 24.1 Å². The van der Waals surface area contributed by atoms with Crippen LogP contribution in [0.15, 0.2) is 36.5 Å². The van der Waals surface area contributed by atoms with Gasteiger partial charge in [0.2, 0.25) is 0 Å². The first-order valence-electron chi connectivity index (χ1n) is 12.4. The molecule has 4 rings (SSSR count). The number of aromatic nitrogens is 2. The maximum absolute atomic E-state index is 13.5. The lowest BCUT2D eigenvalue weighted by molar-refractivity contribution is -0.143. The number of piperidine rings is 1. The molecule has 0 N–H and O–H groups in total. The second kappa shape index (κ2) is 10.8. The van der Waals surface area contributed by atoms with Gasteiger partial charge in [0.05, 0.1) is 47.8 Å². The maximum atomic E-state index is 13.5. The van der Waals surface area contributed by atoms with Crippen molar-refractivity contribution in [3.63, 3.8) is 0 Å². The van der Waals surface area contributed by atoms with Crippen LogP contribution in [0, 0.1) is 18.3 Å². The highest BCUT2D eigenvalue weighted by Crippen LogP contribution is 2.32. The number of nitrogens with zero attached hydrogens (tertiary/aromatic N) is 4. The summed E-state index contributed by atoms with van der Waals surface area (Å²) in [5.74, 6) is -0.249. The molecule has 0 radical (unpaired) electrons. The van der Waals surface area contributed by atoms with Gasteiger partial charge < -0.3 is 9.30 Å². The number of carbonyl (C=O) groups is 2. The molecule has 0 unspecified atom stereocenters. The van der Waals surface area contributed by atoms with Crippen LogP contribution in [0.1, 0.15) is 72.6 Å². The number of ether oxygens (including phenoxy) is 1. The van der Waals surface area contributed by atoms with Crippen molar-refractivity contribution in [2.45, 2.75) is 52.4 Å². The molecule has 1 fully saturated rings. The molecule has 7 nitrogen and oxygen atoms in total. The fourth-order valence-corrected chi connectivity index (χ4v) is 4.90. The van der Waals surface area contributed by atoms with E-state index in [1.807, 2.05) is 36.6 Å². The van der Waals surface area contributed by atoms with Crippen LogP contribution in [0.4, 0.5) is 0 Å². The lowest BCUT2D eigenvalue weighted by atomic mass is 9.99. The van der Waals surface area contributed by atoms with Crippen molar-refractivity contribution in [2.24, 2.45) is 0 Å². The minimum atomic E-state index is -0.240. The Morgan fingerprint density at radius 2 is 1.89 bits per heavy atom. The van der Waals surface area contributed by atoms with Crippen molar-refractivity contribution in [2.75, 3.05) is 26.2 Å². The zero-order valence-electron chi connectivity index (χ0n) is 20.7. The van der Waals surface area contributed by atoms with Gasteiger partial charge >= 0.3 is 5.97 Å². The van der Waals surface area contributed by atoms with E-state index in [0.29, 0.717) is 29.8 Å². The number of hydrogen-bond acceptors (Lipinski definition) is 6. The van der Waals surface area contributed by atoms with Crippen LogP contribution in [0.5, 0.6) is 0 Å². The van der Waals surface area contributed by atoms with E-state index in [9.17, 15) is 14.9 Å². The highest BCUT2D eigenvalue weighted by Gasteiger charge is 2.25. The summed E-state index contributed by atoms with van der Waals surface area (Å²) in [6.45, 7) is 8.35. The molecule has 1 atom stereocenters. The molecule has 3 aromatic rings. The molecule has 1 saturated heterocycles.